The van der Waals surface area contributed by atoms with Crippen LogP contribution in [0.1, 0.15) is 11.6 Å². The molecule has 1 aromatic carbocycles. The second-order valence-electron chi connectivity index (χ2n) is 5.50. The fraction of sp³-hybridized carbons (Fsp3) is 0.562. The van der Waals surface area contributed by atoms with E-state index in [4.69, 9.17) is 21.1 Å². The zero-order valence-corrected chi connectivity index (χ0v) is 14.3. The third-order valence-electron chi connectivity index (χ3n) is 4.10. The summed E-state index contributed by atoms with van der Waals surface area (Å²) in [6, 6.07) is 4.33. The summed E-state index contributed by atoms with van der Waals surface area (Å²) in [5.74, 6) is -0.348. The molecular formula is C16H23ClN2O4. The Balaban J connectivity index is 2.14. The van der Waals surface area contributed by atoms with E-state index in [0.717, 1.165) is 19.6 Å². The number of rotatable bonds is 7. The van der Waals surface area contributed by atoms with Crippen LogP contribution in [0.5, 0.6) is 5.75 Å². The SMILES string of the molecule is COCCN1CCN([C@@H](C(=O)O)c2cc(Cl)ccc2OC)CC1. The molecule has 0 aliphatic carbocycles. The summed E-state index contributed by atoms with van der Waals surface area (Å²) in [7, 11) is 3.22. The molecule has 7 heteroatoms. The van der Waals surface area contributed by atoms with Gasteiger partial charge in [0, 0.05) is 50.4 Å². The van der Waals surface area contributed by atoms with Crippen molar-refractivity contribution in [2.45, 2.75) is 6.04 Å². The zero-order chi connectivity index (χ0) is 16.8. The minimum absolute atomic E-state index is 0.505. The van der Waals surface area contributed by atoms with Crippen molar-refractivity contribution >= 4 is 17.6 Å². The van der Waals surface area contributed by atoms with Crippen LogP contribution in [0.4, 0.5) is 0 Å². The maximum Gasteiger partial charge on any atom is 0.325 e. The van der Waals surface area contributed by atoms with Gasteiger partial charge in [-0.1, -0.05) is 11.6 Å². The highest BCUT2D eigenvalue weighted by Gasteiger charge is 2.32. The number of aliphatic carboxylic acids is 1. The lowest BCUT2D eigenvalue weighted by molar-refractivity contribution is -0.144. The maximum absolute atomic E-state index is 11.9. The molecule has 1 aromatic rings. The van der Waals surface area contributed by atoms with Crippen LogP contribution >= 0.6 is 11.6 Å². The predicted molar refractivity (Wildman–Crippen MR) is 88.3 cm³/mol. The van der Waals surface area contributed by atoms with E-state index in [9.17, 15) is 9.90 Å². The molecule has 0 saturated carbocycles. The molecule has 1 fully saturated rings. The van der Waals surface area contributed by atoms with Crippen molar-refractivity contribution in [3.8, 4) is 5.75 Å². The number of carboxylic acid groups (broad SMARTS) is 1. The van der Waals surface area contributed by atoms with E-state index < -0.39 is 12.0 Å². The van der Waals surface area contributed by atoms with Gasteiger partial charge in [-0.3, -0.25) is 14.6 Å². The van der Waals surface area contributed by atoms with Crippen LogP contribution in [0.3, 0.4) is 0 Å². The molecule has 23 heavy (non-hydrogen) atoms. The van der Waals surface area contributed by atoms with Gasteiger partial charge in [0.1, 0.15) is 11.8 Å². The first-order chi connectivity index (χ1) is 11.1. The number of carboxylic acids is 1. The van der Waals surface area contributed by atoms with Gasteiger partial charge in [0.25, 0.3) is 0 Å². The third-order valence-corrected chi connectivity index (χ3v) is 4.34. The Hall–Kier alpha value is -1.34. The summed E-state index contributed by atoms with van der Waals surface area (Å²) in [4.78, 5) is 16.1. The highest BCUT2D eigenvalue weighted by molar-refractivity contribution is 6.30. The van der Waals surface area contributed by atoms with Gasteiger partial charge < -0.3 is 14.6 Å². The molecule has 1 saturated heterocycles. The van der Waals surface area contributed by atoms with Gasteiger partial charge >= 0.3 is 5.97 Å². The van der Waals surface area contributed by atoms with E-state index >= 15 is 0 Å². The number of halogens is 1. The molecule has 0 bridgehead atoms. The van der Waals surface area contributed by atoms with Crippen molar-refractivity contribution in [3.63, 3.8) is 0 Å². The minimum atomic E-state index is -0.893. The Labute approximate surface area is 141 Å². The van der Waals surface area contributed by atoms with Crippen LogP contribution < -0.4 is 4.74 Å². The molecule has 0 unspecified atom stereocenters. The van der Waals surface area contributed by atoms with Crippen molar-refractivity contribution in [1.29, 1.82) is 0 Å². The highest BCUT2D eigenvalue weighted by Crippen LogP contribution is 2.32. The van der Waals surface area contributed by atoms with Crippen LogP contribution in [-0.4, -0.2) is 74.4 Å². The Bertz CT molecular complexity index is 533. The summed E-state index contributed by atoms with van der Waals surface area (Å²) >= 11 is 6.05. The molecule has 0 amide bonds. The minimum Gasteiger partial charge on any atom is -0.496 e. The molecule has 0 aromatic heterocycles. The van der Waals surface area contributed by atoms with E-state index in [1.807, 2.05) is 4.90 Å². The van der Waals surface area contributed by atoms with Crippen molar-refractivity contribution < 1.29 is 19.4 Å². The first-order valence-electron chi connectivity index (χ1n) is 7.58. The van der Waals surface area contributed by atoms with Crippen LogP contribution in [0.25, 0.3) is 0 Å². The van der Waals surface area contributed by atoms with Gasteiger partial charge in [0.05, 0.1) is 13.7 Å². The van der Waals surface area contributed by atoms with Gasteiger partial charge in [0.2, 0.25) is 0 Å². The van der Waals surface area contributed by atoms with Crippen LogP contribution in [0.15, 0.2) is 18.2 Å². The number of hydrogen-bond donors (Lipinski definition) is 1. The zero-order valence-electron chi connectivity index (χ0n) is 13.5. The van der Waals surface area contributed by atoms with E-state index in [1.165, 1.54) is 7.11 Å². The van der Waals surface area contributed by atoms with E-state index in [-0.39, 0.29) is 0 Å². The average Bonchev–Trinajstić information content (AvgIpc) is 2.54. The molecular weight excluding hydrogens is 320 g/mol. The van der Waals surface area contributed by atoms with Gasteiger partial charge in [-0.25, -0.2) is 0 Å². The lowest BCUT2D eigenvalue weighted by Crippen LogP contribution is -2.49. The van der Waals surface area contributed by atoms with E-state index in [0.29, 0.717) is 36.0 Å². The molecule has 0 spiro atoms. The normalized spacial score (nSPS) is 17.9. The highest BCUT2D eigenvalue weighted by atomic mass is 35.5. The molecule has 1 N–H and O–H groups in total. The third kappa shape index (κ3) is 4.57. The molecule has 1 heterocycles. The number of methoxy groups -OCH3 is 2. The van der Waals surface area contributed by atoms with Crippen molar-refractivity contribution in [2.24, 2.45) is 0 Å². The Morgan fingerprint density at radius 1 is 1.30 bits per heavy atom. The predicted octanol–water partition coefficient (Wildman–Crippen LogP) is 1.74. The van der Waals surface area contributed by atoms with Crippen LogP contribution in [0.2, 0.25) is 5.02 Å². The van der Waals surface area contributed by atoms with Crippen molar-refractivity contribution in [1.82, 2.24) is 9.80 Å². The molecule has 1 aliphatic heterocycles. The lowest BCUT2D eigenvalue weighted by atomic mass is 10.0. The molecule has 2 rings (SSSR count). The molecule has 128 valence electrons. The number of benzene rings is 1. The van der Waals surface area contributed by atoms with Gasteiger partial charge in [-0.15, -0.1) is 0 Å². The summed E-state index contributed by atoms with van der Waals surface area (Å²) in [6.07, 6.45) is 0. The smallest absolute Gasteiger partial charge is 0.325 e. The topological polar surface area (TPSA) is 62.2 Å². The van der Waals surface area contributed by atoms with Crippen LogP contribution in [0, 0.1) is 0 Å². The van der Waals surface area contributed by atoms with E-state index in [2.05, 4.69) is 4.90 Å². The van der Waals surface area contributed by atoms with Crippen LogP contribution in [-0.2, 0) is 9.53 Å². The maximum atomic E-state index is 11.9. The summed E-state index contributed by atoms with van der Waals surface area (Å²) < 4.78 is 10.4. The average molecular weight is 343 g/mol. The number of piperazine rings is 1. The van der Waals surface area contributed by atoms with Gasteiger partial charge in [0.15, 0.2) is 0 Å². The molecule has 0 radical (unpaired) electrons. The molecule has 1 atom stereocenters. The molecule has 6 nitrogen and oxygen atoms in total. The summed E-state index contributed by atoms with van der Waals surface area (Å²) in [5.41, 5.74) is 0.595. The fourth-order valence-electron chi connectivity index (χ4n) is 2.87. The van der Waals surface area contributed by atoms with Gasteiger partial charge in [-0.2, -0.15) is 0 Å². The Morgan fingerprint density at radius 2 is 2.00 bits per heavy atom. The number of ether oxygens (including phenoxy) is 2. The first kappa shape index (κ1) is 18.0. The molecule has 1 aliphatic rings. The largest absolute Gasteiger partial charge is 0.496 e. The van der Waals surface area contributed by atoms with Crippen molar-refractivity contribution in [3.05, 3.63) is 28.8 Å². The Kier molecular flexibility index (Phi) is 6.65. The quantitative estimate of drug-likeness (QED) is 0.814. The summed E-state index contributed by atoms with van der Waals surface area (Å²) in [5, 5.41) is 10.2. The van der Waals surface area contributed by atoms with E-state index in [1.54, 1.807) is 25.3 Å². The lowest BCUT2D eigenvalue weighted by Gasteiger charge is -2.38. The van der Waals surface area contributed by atoms with Gasteiger partial charge in [-0.05, 0) is 18.2 Å². The second-order valence-corrected chi connectivity index (χ2v) is 5.93. The fourth-order valence-corrected chi connectivity index (χ4v) is 3.05. The standard InChI is InChI=1S/C16H23ClN2O4/c1-22-10-9-18-5-7-19(8-6-18)15(16(20)21)13-11-12(17)3-4-14(13)23-2/h3-4,11,15H,5-10H2,1-2H3,(H,20,21)/t15-/m1/s1. The first-order valence-corrected chi connectivity index (χ1v) is 7.96. The second kappa shape index (κ2) is 8.49. The number of hydrogen-bond acceptors (Lipinski definition) is 5. The summed E-state index contributed by atoms with van der Waals surface area (Å²) in [6.45, 7) is 4.53. The monoisotopic (exact) mass is 342 g/mol. The van der Waals surface area contributed by atoms with Crippen molar-refractivity contribution in [2.75, 3.05) is 53.6 Å². The Morgan fingerprint density at radius 3 is 2.57 bits per heavy atom. The number of nitrogens with zero attached hydrogens (tertiary/aromatic N) is 2. The number of carbonyl (C=O) groups is 1.